The molecule has 4 heterocycles. The van der Waals surface area contributed by atoms with Crippen molar-refractivity contribution in [1.82, 2.24) is 19.9 Å². The number of aromatic nitrogens is 4. The van der Waals surface area contributed by atoms with Gasteiger partial charge in [-0.2, -0.15) is 0 Å². The van der Waals surface area contributed by atoms with Crippen LogP contribution in [0, 0.1) is 24.1 Å². The van der Waals surface area contributed by atoms with Crippen molar-refractivity contribution in [3.05, 3.63) is 93.4 Å². The topological polar surface area (TPSA) is 133 Å². The van der Waals surface area contributed by atoms with Gasteiger partial charge in [-0.05, 0) is 25.1 Å². The van der Waals surface area contributed by atoms with Gasteiger partial charge >= 0.3 is 0 Å². The number of nitrogens with zero attached hydrogens (tertiary/aromatic N) is 3. The molecule has 0 unspecified atom stereocenters. The number of allylic oxidation sites excluding steroid dienone is 3. The number of carbonyl (C=O) groups excluding carboxylic acids is 1. The summed E-state index contributed by atoms with van der Waals surface area (Å²) in [7, 11) is 0. The molecule has 0 saturated heterocycles. The normalized spacial score (nSPS) is 12.7. The number of H-pyrrole nitrogens is 1. The Morgan fingerprint density at radius 2 is 2.05 bits per heavy atom. The number of amides is 1. The lowest BCUT2D eigenvalue weighted by atomic mass is 10.0. The van der Waals surface area contributed by atoms with Gasteiger partial charge in [-0.25, -0.2) is 9.37 Å². The van der Waals surface area contributed by atoms with Crippen molar-refractivity contribution in [3.63, 3.8) is 0 Å². The molecule has 0 radical (unpaired) electrons. The average Bonchev–Trinajstić information content (AvgIpc) is 3.45. The summed E-state index contributed by atoms with van der Waals surface area (Å²) in [6.45, 7) is 5.59. The molecular weight excluding hydrogens is 501 g/mol. The van der Waals surface area contributed by atoms with E-state index in [-0.39, 0.29) is 40.3 Å². The Morgan fingerprint density at radius 3 is 2.79 bits per heavy atom. The summed E-state index contributed by atoms with van der Waals surface area (Å²) in [6.07, 6.45) is 10.8. The van der Waals surface area contributed by atoms with Crippen molar-refractivity contribution >= 4 is 39.9 Å². The van der Waals surface area contributed by atoms with Gasteiger partial charge in [0.15, 0.2) is 11.6 Å². The first-order chi connectivity index (χ1) is 18.2. The minimum absolute atomic E-state index is 0.0182. The molecule has 1 aliphatic rings. The highest BCUT2D eigenvalue weighted by Gasteiger charge is 2.25. The maximum Gasteiger partial charge on any atom is 0.226 e. The number of pyridine rings is 2. The number of fused-ring (bicyclic) bond motifs is 1. The minimum atomic E-state index is -0.764. The number of halogens is 1. The summed E-state index contributed by atoms with van der Waals surface area (Å²) in [6, 6.07) is 5.69. The Morgan fingerprint density at radius 1 is 1.24 bits per heavy atom. The van der Waals surface area contributed by atoms with Gasteiger partial charge in [0, 0.05) is 45.1 Å². The number of nitrogens with two attached hydrogens (primary N) is 1. The molecule has 0 atom stereocenters. The van der Waals surface area contributed by atoms with Gasteiger partial charge < -0.3 is 16.0 Å². The van der Waals surface area contributed by atoms with Crippen molar-refractivity contribution in [2.45, 2.75) is 27.2 Å². The first-order valence-corrected chi connectivity index (χ1v) is 12.9. The summed E-state index contributed by atoms with van der Waals surface area (Å²) >= 11 is 1.66. The molecule has 4 aromatic heterocycles. The molecule has 5 rings (SSSR count). The number of thiophene rings is 1. The fourth-order valence-electron chi connectivity index (χ4n) is 4.10. The van der Waals surface area contributed by atoms with Gasteiger partial charge in [-0.15, -0.1) is 11.3 Å². The number of nitrogens with one attached hydrogen (secondary N) is 3. The molecular formula is C28H26FN7OS. The molecule has 1 amide bonds. The fourth-order valence-corrected chi connectivity index (χ4v) is 5.00. The van der Waals surface area contributed by atoms with Gasteiger partial charge in [0.2, 0.25) is 5.91 Å². The first-order valence-electron chi connectivity index (χ1n) is 12.1. The van der Waals surface area contributed by atoms with Gasteiger partial charge in [0.05, 0.1) is 35.0 Å². The molecule has 0 aromatic carbocycles. The van der Waals surface area contributed by atoms with Crippen LogP contribution in [0.2, 0.25) is 0 Å². The van der Waals surface area contributed by atoms with E-state index in [1.807, 2.05) is 31.2 Å². The molecule has 5 N–H and O–H groups in total. The van der Waals surface area contributed by atoms with Crippen LogP contribution >= 0.6 is 11.3 Å². The van der Waals surface area contributed by atoms with Crippen molar-refractivity contribution in [2.75, 3.05) is 11.1 Å². The summed E-state index contributed by atoms with van der Waals surface area (Å²) in [5.41, 5.74) is 9.09. The molecule has 38 heavy (non-hydrogen) atoms. The van der Waals surface area contributed by atoms with Crippen LogP contribution < -0.4 is 11.1 Å². The predicted octanol–water partition coefficient (Wildman–Crippen LogP) is 5.51. The lowest BCUT2D eigenvalue weighted by molar-refractivity contribution is -0.118. The number of aryl methyl sites for hydroxylation is 1. The SMILES string of the molecule is Cc1ccc(C2=CC=CCc3[nH]c(C(=N)c4c(N)cnc(-c5cncc(NC(=O)C(C)C)c5)c4F)nc32)s1. The van der Waals surface area contributed by atoms with E-state index in [9.17, 15) is 4.79 Å². The van der Waals surface area contributed by atoms with E-state index in [0.29, 0.717) is 17.7 Å². The van der Waals surface area contributed by atoms with E-state index in [2.05, 4.69) is 26.3 Å². The van der Waals surface area contributed by atoms with E-state index in [1.165, 1.54) is 23.5 Å². The quantitative estimate of drug-likeness (QED) is 0.245. The van der Waals surface area contributed by atoms with Crippen molar-refractivity contribution in [1.29, 1.82) is 5.41 Å². The van der Waals surface area contributed by atoms with Crippen LogP contribution in [0.15, 0.2) is 55.0 Å². The minimum Gasteiger partial charge on any atom is -0.397 e. The Hall–Kier alpha value is -4.44. The number of rotatable bonds is 6. The molecule has 10 heteroatoms. The summed E-state index contributed by atoms with van der Waals surface area (Å²) in [4.78, 5) is 30.6. The highest BCUT2D eigenvalue weighted by molar-refractivity contribution is 7.13. The lowest BCUT2D eigenvalue weighted by Crippen LogP contribution is -2.17. The largest absolute Gasteiger partial charge is 0.397 e. The summed E-state index contributed by atoms with van der Waals surface area (Å²) < 4.78 is 15.9. The lowest BCUT2D eigenvalue weighted by Gasteiger charge is -2.12. The molecule has 0 spiro atoms. The highest BCUT2D eigenvalue weighted by Crippen LogP contribution is 2.33. The summed E-state index contributed by atoms with van der Waals surface area (Å²) in [5.74, 6) is -0.963. The van der Waals surface area contributed by atoms with Crippen LogP contribution in [-0.2, 0) is 11.2 Å². The first kappa shape index (κ1) is 25.2. The van der Waals surface area contributed by atoms with Gasteiger partial charge in [0.1, 0.15) is 11.4 Å². The molecule has 4 aromatic rings. The maximum atomic E-state index is 15.9. The molecule has 8 nitrogen and oxygen atoms in total. The number of hydrogen-bond acceptors (Lipinski definition) is 7. The third kappa shape index (κ3) is 4.78. The van der Waals surface area contributed by atoms with Crippen molar-refractivity contribution < 1.29 is 9.18 Å². The second-order valence-electron chi connectivity index (χ2n) is 9.27. The number of aromatic amines is 1. The van der Waals surface area contributed by atoms with Crippen LogP contribution in [-0.4, -0.2) is 31.6 Å². The van der Waals surface area contributed by atoms with Crippen LogP contribution in [0.4, 0.5) is 15.8 Å². The van der Waals surface area contributed by atoms with E-state index in [0.717, 1.165) is 21.8 Å². The third-order valence-corrected chi connectivity index (χ3v) is 7.13. The van der Waals surface area contributed by atoms with Crippen LogP contribution in [0.1, 0.15) is 46.4 Å². The number of hydrogen-bond donors (Lipinski definition) is 4. The van der Waals surface area contributed by atoms with Gasteiger partial charge in [-0.3, -0.25) is 20.2 Å². The zero-order valence-corrected chi connectivity index (χ0v) is 21.9. The smallest absolute Gasteiger partial charge is 0.226 e. The average molecular weight is 528 g/mol. The van der Waals surface area contributed by atoms with Gasteiger partial charge in [0.25, 0.3) is 0 Å². The van der Waals surface area contributed by atoms with Crippen LogP contribution in [0.3, 0.4) is 0 Å². The number of carbonyl (C=O) groups is 1. The molecule has 192 valence electrons. The van der Waals surface area contributed by atoms with Crippen molar-refractivity contribution in [2.24, 2.45) is 5.92 Å². The zero-order chi connectivity index (χ0) is 27.0. The number of nitrogen functional groups attached to an aromatic ring is 1. The molecule has 0 fully saturated rings. The Labute approximate surface area is 223 Å². The van der Waals surface area contributed by atoms with E-state index in [1.54, 1.807) is 31.3 Å². The molecule has 0 bridgehead atoms. The third-order valence-electron chi connectivity index (χ3n) is 6.10. The van der Waals surface area contributed by atoms with E-state index < -0.39 is 5.82 Å². The number of imidazole rings is 1. The summed E-state index contributed by atoms with van der Waals surface area (Å²) in [5, 5.41) is 11.6. The van der Waals surface area contributed by atoms with Crippen LogP contribution in [0.25, 0.3) is 16.8 Å². The Bertz CT molecular complexity index is 1630. The Balaban J connectivity index is 1.52. The zero-order valence-electron chi connectivity index (χ0n) is 21.1. The molecule has 0 saturated carbocycles. The molecule has 0 aliphatic heterocycles. The monoisotopic (exact) mass is 527 g/mol. The second-order valence-corrected chi connectivity index (χ2v) is 10.6. The molecule has 1 aliphatic carbocycles. The predicted molar refractivity (Wildman–Crippen MR) is 149 cm³/mol. The fraction of sp³-hybridized carbons (Fsp3) is 0.179. The number of anilines is 2. The standard InChI is InChI=1S/C28H26FN7OS/c1-14(2)28(37)34-17-10-16(11-32-12-17)25-23(29)22(19(30)13-33-25)24(31)27-35-20-7-5-4-6-18(26(20)36-27)21-9-8-15(3)38-21/h4-6,8-14,31H,7,30H2,1-3H3,(H,34,37)(H,35,36). The van der Waals surface area contributed by atoms with E-state index in [4.69, 9.17) is 16.1 Å². The van der Waals surface area contributed by atoms with Gasteiger partial charge in [-0.1, -0.05) is 32.1 Å². The van der Waals surface area contributed by atoms with Crippen LogP contribution in [0.5, 0.6) is 0 Å². The van der Waals surface area contributed by atoms with E-state index >= 15 is 4.39 Å². The van der Waals surface area contributed by atoms with Crippen molar-refractivity contribution in [3.8, 4) is 11.3 Å². The second kappa shape index (κ2) is 10.1. The Kier molecular flexibility index (Phi) is 6.73. The maximum absolute atomic E-state index is 15.9. The highest BCUT2D eigenvalue weighted by atomic mass is 32.1.